The van der Waals surface area contributed by atoms with Crippen molar-refractivity contribution in [3.05, 3.63) is 45.1 Å². The minimum atomic E-state index is -0.141. The molecule has 0 aliphatic carbocycles. The normalized spacial score (nSPS) is 10.7. The van der Waals surface area contributed by atoms with E-state index in [9.17, 15) is 10.0 Å². The Bertz CT molecular complexity index is 558. The fourth-order valence-electron chi connectivity index (χ4n) is 1.68. The molecule has 4 nitrogen and oxygen atoms in total. The summed E-state index contributed by atoms with van der Waals surface area (Å²) < 4.78 is 0.799. The number of aryl methyl sites for hydroxylation is 2. The van der Waals surface area contributed by atoms with Crippen molar-refractivity contribution in [2.24, 2.45) is 0 Å². The van der Waals surface area contributed by atoms with E-state index in [1.54, 1.807) is 13.0 Å². The van der Waals surface area contributed by atoms with Gasteiger partial charge in [0.05, 0.1) is 10.9 Å². The Morgan fingerprint density at radius 3 is 2.86 bits per heavy atom. The van der Waals surface area contributed by atoms with Gasteiger partial charge in [-0.1, -0.05) is 0 Å². The minimum absolute atomic E-state index is 0.141. The van der Waals surface area contributed by atoms with E-state index in [2.05, 4.69) is 4.98 Å². The van der Waals surface area contributed by atoms with Crippen LogP contribution in [0.25, 0.3) is 10.9 Å². The van der Waals surface area contributed by atoms with Crippen LogP contribution >= 0.6 is 0 Å². The molecule has 2 rings (SSSR count). The summed E-state index contributed by atoms with van der Waals surface area (Å²) in [5, 5.41) is 12.1. The highest BCUT2D eigenvalue weighted by Crippen LogP contribution is 2.14. The average molecular weight is 190 g/mol. The van der Waals surface area contributed by atoms with E-state index in [0.29, 0.717) is 11.2 Å². The Morgan fingerprint density at radius 1 is 1.43 bits per heavy atom. The smallest absolute Gasteiger partial charge is 0.248 e. The van der Waals surface area contributed by atoms with Gasteiger partial charge in [-0.15, -0.1) is 0 Å². The number of aromatic nitrogens is 2. The van der Waals surface area contributed by atoms with E-state index in [1.165, 1.54) is 12.3 Å². The fraction of sp³-hybridized carbons (Fsp3) is 0.200. The summed E-state index contributed by atoms with van der Waals surface area (Å²) in [7, 11) is 0. The summed E-state index contributed by atoms with van der Waals surface area (Å²) in [6.07, 6.45) is 1.40. The molecule has 0 bridgehead atoms. The van der Waals surface area contributed by atoms with Crippen molar-refractivity contribution in [2.75, 3.05) is 0 Å². The van der Waals surface area contributed by atoms with Crippen molar-refractivity contribution in [3.63, 3.8) is 0 Å². The maximum Gasteiger partial charge on any atom is 0.248 e. The van der Waals surface area contributed by atoms with Gasteiger partial charge in [0, 0.05) is 19.1 Å². The molecule has 0 saturated carbocycles. The Balaban J connectivity index is 3.03. The third-order valence-electron chi connectivity index (χ3n) is 2.34. The number of pyridine rings is 2. The second-order valence-electron chi connectivity index (χ2n) is 3.33. The van der Waals surface area contributed by atoms with Gasteiger partial charge < -0.3 is 10.2 Å². The lowest BCUT2D eigenvalue weighted by Gasteiger charge is -2.05. The van der Waals surface area contributed by atoms with E-state index in [1.807, 2.05) is 6.92 Å². The highest BCUT2D eigenvalue weighted by atomic mass is 16.5. The molecule has 0 amide bonds. The lowest BCUT2D eigenvalue weighted by Crippen LogP contribution is -2.29. The largest absolute Gasteiger partial charge is 0.618 e. The zero-order chi connectivity index (χ0) is 10.3. The van der Waals surface area contributed by atoms with Gasteiger partial charge in [0.25, 0.3) is 0 Å². The molecule has 14 heavy (non-hydrogen) atoms. The van der Waals surface area contributed by atoms with Crippen molar-refractivity contribution >= 4 is 10.9 Å². The number of hydrogen-bond donors (Lipinski definition) is 1. The second-order valence-corrected chi connectivity index (χ2v) is 3.33. The molecule has 1 N–H and O–H groups in total. The van der Waals surface area contributed by atoms with Crippen LogP contribution in [0, 0.1) is 19.1 Å². The summed E-state index contributed by atoms with van der Waals surface area (Å²) in [5.41, 5.74) is 2.00. The van der Waals surface area contributed by atoms with Crippen LogP contribution in [-0.4, -0.2) is 4.98 Å². The maximum absolute atomic E-state index is 11.3. The Kier molecular flexibility index (Phi) is 1.77. The molecular weight excluding hydrogens is 180 g/mol. The molecule has 2 heterocycles. The van der Waals surface area contributed by atoms with Gasteiger partial charge in [-0.25, -0.2) is 0 Å². The minimum Gasteiger partial charge on any atom is -0.618 e. The standard InChI is InChI=1S/C10H10N2O2/c1-6-5-9(13)11-8-3-4-12(14)7(2)10(6)8/h3-5H,1-2H3,(H,11,13). The van der Waals surface area contributed by atoms with E-state index < -0.39 is 0 Å². The van der Waals surface area contributed by atoms with Gasteiger partial charge in [-0.3, -0.25) is 4.79 Å². The highest BCUT2D eigenvalue weighted by molar-refractivity contribution is 5.82. The molecule has 0 spiro atoms. The van der Waals surface area contributed by atoms with Crippen LogP contribution in [0.15, 0.2) is 23.1 Å². The Labute approximate surface area is 80.4 Å². The van der Waals surface area contributed by atoms with E-state index >= 15 is 0 Å². The number of aromatic amines is 1. The fourth-order valence-corrected chi connectivity index (χ4v) is 1.68. The van der Waals surface area contributed by atoms with Crippen molar-refractivity contribution in [1.82, 2.24) is 4.98 Å². The maximum atomic E-state index is 11.3. The van der Waals surface area contributed by atoms with Crippen molar-refractivity contribution in [3.8, 4) is 0 Å². The van der Waals surface area contributed by atoms with Crippen LogP contribution in [-0.2, 0) is 0 Å². The van der Waals surface area contributed by atoms with Crippen LogP contribution in [0.5, 0.6) is 0 Å². The Morgan fingerprint density at radius 2 is 2.14 bits per heavy atom. The molecule has 0 unspecified atom stereocenters. The number of H-pyrrole nitrogens is 1. The number of fused-ring (bicyclic) bond motifs is 1. The van der Waals surface area contributed by atoms with Crippen LogP contribution in [0.2, 0.25) is 0 Å². The number of nitrogens with zero attached hydrogens (tertiary/aromatic N) is 1. The lowest BCUT2D eigenvalue weighted by atomic mass is 10.1. The molecule has 4 heteroatoms. The first-order chi connectivity index (χ1) is 6.59. The van der Waals surface area contributed by atoms with E-state index in [4.69, 9.17) is 0 Å². The third-order valence-corrected chi connectivity index (χ3v) is 2.34. The summed E-state index contributed by atoms with van der Waals surface area (Å²) >= 11 is 0. The molecule has 72 valence electrons. The Hall–Kier alpha value is -1.84. The first-order valence-electron chi connectivity index (χ1n) is 4.32. The summed E-state index contributed by atoms with van der Waals surface area (Å²) in [6.45, 7) is 3.56. The first-order valence-corrected chi connectivity index (χ1v) is 4.32. The predicted molar refractivity (Wildman–Crippen MR) is 53.0 cm³/mol. The topological polar surface area (TPSA) is 59.8 Å². The van der Waals surface area contributed by atoms with Crippen LogP contribution in [0.3, 0.4) is 0 Å². The van der Waals surface area contributed by atoms with Crippen molar-refractivity contribution < 1.29 is 4.73 Å². The van der Waals surface area contributed by atoms with Gasteiger partial charge in [0.2, 0.25) is 5.56 Å². The van der Waals surface area contributed by atoms with Gasteiger partial charge in [-0.05, 0) is 12.5 Å². The van der Waals surface area contributed by atoms with Gasteiger partial charge >= 0.3 is 0 Å². The SMILES string of the molecule is Cc1cc(=O)[nH]c2cc[n+]([O-])c(C)c12. The quantitative estimate of drug-likeness (QED) is 0.493. The van der Waals surface area contributed by atoms with Crippen LogP contribution < -0.4 is 10.3 Å². The number of hydrogen-bond acceptors (Lipinski definition) is 2. The molecule has 2 aromatic heterocycles. The van der Waals surface area contributed by atoms with Crippen molar-refractivity contribution in [1.29, 1.82) is 0 Å². The van der Waals surface area contributed by atoms with E-state index in [-0.39, 0.29) is 5.56 Å². The van der Waals surface area contributed by atoms with Gasteiger partial charge in [0.1, 0.15) is 0 Å². The molecule has 2 aromatic rings. The number of rotatable bonds is 0. The van der Waals surface area contributed by atoms with Gasteiger partial charge in [0.15, 0.2) is 11.9 Å². The summed E-state index contributed by atoms with van der Waals surface area (Å²) in [6, 6.07) is 3.11. The molecule has 0 atom stereocenters. The summed E-state index contributed by atoms with van der Waals surface area (Å²) in [5.74, 6) is 0. The van der Waals surface area contributed by atoms with Crippen LogP contribution in [0.1, 0.15) is 11.3 Å². The monoisotopic (exact) mass is 190 g/mol. The molecule has 0 aliphatic rings. The summed E-state index contributed by atoms with van der Waals surface area (Å²) in [4.78, 5) is 13.9. The zero-order valence-corrected chi connectivity index (χ0v) is 8.00. The van der Waals surface area contributed by atoms with Crippen LogP contribution in [0.4, 0.5) is 0 Å². The predicted octanol–water partition coefficient (Wildman–Crippen LogP) is 0.778. The molecule has 0 fully saturated rings. The highest BCUT2D eigenvalue weighted by Gasteiger charge is 2.09. The van der Waals surface area contributed by atoms with Crippen molar-refractivity contribution in [2.45, 2.75) is 13.8 Å². The number of nitrogens with one attached hydrogen (secondary N) is 1. The molecule has 0 radical (unpaired) electrons. The molecule has 0 aliphatic heterocycles. The molecular formula is C10H10N2O2. The molecule has 0 aromatic carbocycles. The zero-order valence-electron chi connectivity index (χ0n) is 8.00. The lowest BCUT2D eigenvalue weighted by molar-refractivity contribution is -0.610. The average Bonchev–Trinajstić information content (AvgIpc) is 2.10. The molecule has 0 saturated heterocycles. The van der Waals surface area contributed by atoms with E-state index in [0.717, 1.165) is 15.7 Å². The second kappa shape index (κ2) is 2.83. The third kappa shape index (κ3) is 1.16. The van der Waals surface area contributed by atoms with Gasteiger partial charge in [-0.2, -0.15) is 4.73 Å². The first kappa shape index (κ1) is 8.74.